The van der Waals surface area contributed by atoms with Gasteiger partial charge in [-0.3, -0.25) is 9.20 Å². The van der Waals surface area contributed by atoms with Crippen molar-refractivity contribution in [2.75, 3.05) is 31.1 Å². The number of nitrogens with zero attached hydrogens (tertiary/aromatic N) is 3. The van der Waals surface area contributed by atoms with Crippen LogP contribution in [-0.2, 0) is 0 Å². The molecule has 1 aliphatic rings. The fourth-order valence-electron chi connectivity index (χ4n) is 2.67. The number of amides is 1. The molecule has 3 heterocycles. The first-order chi connectivity index (χ1) is 10.3. The van der Waals surface area contributed by atoms with Crippen molar-refractivity contribution in [1.29, 1.82) is 0 Å². The smallest absolute Gasteiger partial charge is 0.269 e. The molecule has 0 aliphatic carbocycles. The number of aromatic nitrogens is 2. The third-order valence-electron chi connectivity index (χ3n) is 3.81. The van der Waals surface area contributed by atoms with Crippen molar-refractivity contribution < 1.29 is 9.90 Å². The van der Waals surface area contributed by atoms with Crippen molar-refractivity contribution >= 4 is 17.2 Å². The molecule has 1 amide bonds. The molecule has 0 atom stereocenters. The Morgan fingerprint density at radius 3 is 2.90 bits per heavy atom. The first kappa shape index (κ1) is 13.9. The number of fused-ring (bicyclic) bond motifs is 1. The lowest BCUT2D eigenvalue weighted by atomic mass is 10.3. The molecule has 112 valence electrons. The third-order valence-corrected chi connectivity index (χ3v) is 3.81. The van der Waals surface area contributed by atoms with Gasteiger partial charge < -0.3 is 15.3 Å². The topological polar surface area (TPSA) is 69.9 Å². The summed E-state index contributed by atoms with van der Waals surface area (Å²) in [5.74, 6) is -0.158. The largest absolute Gasteiger partial charge is 0.396 e. The second kappa shape index (κ2) is 6.13. The van der Waals surface area contributed by atoms with Crippen molar-refractivity contribution in [3.8, 4) is 0 Å². The van der Waals surface area contributed by atoms with Crippen LogP contribution in [0.15, 0.2) is 24.5 Å². The number of pyridine rings is 1. The maximum atomic E-state index is 12.2. The number of carbonyl (C=O) groups excluding carboxylic acids is 1. The minimum absolute atomic E-state index is 0.0759. The SMILES string of the molecule is O=C(NCCCO)c1cnc2ccc(N3CCCC3)cn12. The maximum absolute atomic E-state index is 12.2. The first-order valence-corrected chi connectivity index (χ1v) is 7.41. The highest BCUT2D eigenvalue weighted by atomic mass is 16.3. The quantitative estimate of drug-likeness (QED) is 0.807. The Kier molecular flexibility index (Phi) is 4.06. The second-order valence-corrected chi connectivity index (χ2v) is 5.29. The van der Waals surface area contributed by atoms with Crippen LogP contribution in [0.3, 0.4) is 0 Å². The van der Waals surface area contributed by atoms with E-state index < -0.39 is 0 Å². The zero-order valence-corrected chi connectivity index (χ0v) is 12.0. The average molecular weight is 288 g/mol. The molecule has 2 N–H and O–H groups in total. The minimum atomic E-state index is -0.158. The number of hydrogen-bond donors (Lipinski definition) is 2. The van der Waals surface area contributed by atoms with E-state index >= 15 is 0 Å². The summed E-state index contributed by atoms with van der Waals surface area (Å²) >= 11 is 0. The predicted octanol–water partition coefficient (Wildman–Crippen LogP) is 1.05. The second-order valence-electron chi connectivity index (χ2n) is 5.29. The third kappa shape index (κ3) is 2.85. The van der Waals surface area contributed by atoms with Gasteiger partial charge in [0.25, 0.3) is 5.91 Å². The highest BCUT2D eigenvalue weighted by Crippen LogP contribution is 2.21. The molecule has 0 spiro atoms. The van der Waals surface area contributed by atoms with Gasteiger partial charge in [-0.15, -0.1) is 0 Å². The Hall–Kier alpha value is -2.08. The van der Waals surface area contributed by atoms with Crippen molar-refractivity contribution in [2.24, 2.45) is 0 Å². The van der Waals surface area contributed by atoms with Crippen LogP contribution in [-0.4, -0.2) is 46.6 Å². The molecular weight excluding hydrogens is 268 g/mol. The average Bonchev–Trinajstić information content (AvgIpc) is 3.16. The number of aliphatic hydroxyl groups excluding tert-OH is 1. The van der Waals surface area contributed by atoms with Gasteiger partial charge in [-0.1, -0.05) is 0 Å². The molecule has 1 saturated heterocycles. The van der Waals surface area contributed by atoms with E-state index in [-0.39, 0.29) is 12.5 Å². The highest BCUT2D eigenvalue weighted by molar-refractivity contribution is 5.93. The van der Waals surface area contributed by atoms with Crippen LogP contribution in [0.2, 0.25) is 0 Å². The molecule has 0 aromatic carbocycles. The molecule has 2 aromatic rings. The van der Waals surface area contributed by atoms with Crippen LogP contribution in [0.25, 0.3) is 5.65 Å². The molecule has 1 aliphatic heterocycles. The number of aliphatic hydroxyl groups is 1. The lowest BCUT2D eigenvalue weighted by Gasteiger charge is -2.17. The van der Waals surface area contributed by atoms with Crippen LogP contribution in [0, 0.1) is 0 Å². The number of carbonyl (C=O) groups is 1. The van der Waals surface area contributed by atoms with Crippen molar-refractivity contribution in [1.82, 2.24) is 14.7 Å². The molecule has 21 heavy (non-hydrogen) atoms. The summed E-state index contributed by atoms with van der Waals surface area (Å²) < 4.78 is 1.84. The van der Waals surface area contributed by atoms with Gasteiger partial charge in [0, 0.05) is 32.4 Å². The standard InChI is InChI=1S/C15H20N4O2/c20-9-3-6-16-15(21)13-10-17-14-5-4-12(11-19(13)14)18-7-1-2-8-18/h4-5,10-11,20H,1-3,6-9H2,(H,16,21). The summed E-state index contributed by atoms with van der Waals surface area (Å²) in [6, 6.07) is 4.00. The van der Waals surface area contributed by atoms with E-state index in [1.165, 1.54) is 12.8 Å². The van der Waals surface area contributed by atoms with E-state index in [1.54, 1.807) is 6.20 Å². The van der Waals surface area contributed by atoms with Gasteiger partial charge in [-0.25, -0.2) is 4.98 Å². The van der Waals surface area contributed by atoms with E-state index in [4.69, 9.17) is 5.11 Å². The summed E-state index contributed by atoms with van der Waals surface area (Å²) in [5, 5.41) is 11.6. The number of nitrogens with one attached hydrogen (secondary N) is 1. The minimum Gasteiger partial charge on any atom is -0.396 e. The molecule has 0 saturated carbocycles. The Labute approximate surface area is 123 Å². The van der Waals surface area contributed by atoms with Crippen LogP contribution in [0.5, 0.6) is 0 Å². The van der Waals surface area contributed by atoms with E-state index in [0.717, 1.165) is 24.4 Å². The molecule has 0 unspecified atom stereocenters. The van der Waals surface area contributed by atoms with Crippen LogP contribution in [0.4, 0.5) is 5.69 Å². The number of anilines is 1. The van der Waals surface area contributed by atoms with E-state index in [9.17, 15) is 4.79 Å². The monoisotopic (exact) mass is 288 g/mol. The highest BCUT2D eigenvalue weighted by Gasteiger charge is 2.16. The number of imidazole rings is 1. The fraction of sp³-hybridized carbons (Fsp3) is 0.467. The van der Waals surface area contributed by atoms with Crippen molar-refractivity contribution in [3.63, 3.8) is 0 Å². The van der Waals surface area contributed by atoms with Gasteiger partial charge in [-0.05, 0) is 31.4 Å². The van der Waals surface area contributed by atoms with E-state index in [1.807, 2.05) is 16.7 Å². The Balaban J connectivity index is 1.85. The number of rotatable bonds is 5. The van der Waals surface area contributed by atoms with Gasteiger partial charge in [0.05, 0.1) is 11.9 Å². The van der Waals surface area contributed by atoms with Gasteiger partial charge >= 0.3 is 0 Å². The predicted molar refractivity (Wildman–Crippen MR) is 80.7 cm³/mol. The molecule has 0 radical (unpaired) electrons. The zero-order chi connectivity index (χ0) is 14.7. The number of hydrogen-bond acceptors (Lipinski definition) is 4. The van der Waals surface area contributed by atoms with Crippen molar-refractivity contribution in [3.05, 3.63) is 30.2 Å². The first-order valence-electron chi connectivity index (χ1n) is 7.41. The maximum Gasteiger partial charge on any atom is 0.269 e. The lowest BCUT2D eigenvalue weighted by Crippen LogP contribution is -2.26. The van der Waals surface area contributed by atoms with Crippen LogP contribution >= 0.6 is 0 Å². The fourth-order valence-corrected chi connectivity index (χ4v) is 2.67. The summed E-state index contributed by atoms with van der Waals surface area (Å²) in [4.78, 5) is 18.8. The molecule has 6 nitrogen and oxygen atoms in total. The molecule has 0 bridgehead atoms. The normalized spacial score (nSPS) is 14.8. The Bertz CT molecular complexity index is 632. The lowest BCUT2D eigenvalue weighted by molar-refractivity contribution is 0.0945. The van der Waals surface area contributed by atoms with Gasteiger partial charge in [0.1, 0.15) is 11.3 Å². The van der Waals surface area contributed by atoms with Gasteiger partial charge in [0.2, 0.25) is 0 Å². The van der Waals surface area contributed by atoms with Crippen LogP contribution < -0.4 is 10.2 Å². The molecular formula is C15H20N4O2. The molecule has 3 rings (SSSR count). The molecule has 1 fully saturated rings. The summed E-state index contributed by atoms with van der Waals surface area (Å²) in [7, 11) is 0. The summed E-state index contributed by atoms with van der Waals surface area (Å²) in [5.41, 5.74) is 2.43. The molecule has 2 aromatic heterocycles. The van der Waals surface area contributed by atoms with Gasteiger partial charge in [0.15, 0.2) is 0 Å². The summed E-state index contributed by atoms with van der Waals surface area (Å²) in [6.45, 7) is 2.68. The van der Waals surface area contributed by atoms with E-state index in [0.29, 0.717) is 18.7 Å². The summed E-state index contributed by atoms with van der Waals surface area (Å²) in [6.07, 6.45) is 6.57. The van der Waals surface area contributed by atoms with Crippen molar-refractivity contribution in [2.45, 2.75) is 19.3 Å². The Morgan fingerprint density at radius 1 is 1.33 bits per heavy atom. The zero-order valence-electron chi connectivity index (χ0n) is 12.0. The van der Waals surface area contributed by atoms with Crippen LogP contribution in [0.1, 0.15) is 29.8 Å². The molecule has 6 heteroatoms. The Morgan fingerprint density at radius 2 is 2.14 bits per heavy atom. The van der Waals surface area contributed by atoms with Gasteiger partial charge in [-0.2, -0.15) is 0 Å². The van der Waals surface area contributed by atoms with E-state index in [2.05, 4.69) is 21.3 Å².